The number of phenolic OH excluding ortho intramolecular Hbond substituents is 2. The molecule has 4 aromatic rings. The van der Waals surface area contributed by atoms with Gasteiger partial charge < -0.3 is 43.6 Å². The lowest BCUT2D eigenvalue weighted by Crippen LogP contribution is -2.27. The summed E-state index contributed by atoms with van der Waals surface area (Å²) in [5.74, 6) is -0.472. The number of aliphatic hydroxyl groups is 2. The quantitative estimate of drug-likeness (QED) is 0.292. The molecule has 0 unspecified atom stereocenters. The molecule has 208 valence electrons. The van der Waals surface area contributed by atoms with Crippen molar-refractivity contribution in [1.82, 2.24) is 4.57 Å². The second kappa shape index (κ2) is 8.47. The minimum absolute atomic E-state index is 0.0106. The van der Waals surface area contributed by atoms with Gasteiger partial charge in [-0.3, -0.25) is 9.59 Å². The van der Waals surface area contributed by atoms with Gasteiger partial charge in [-0.1, -0.05) is 6.92 Å². The van der Waals surface area contributed by atoms with Gasteiger partial charge in [-0.05, 0) is 25.3 Å². The van der Waals surface area contributed by atoms with Crippen molar-refractivity contribution in [2.75, 3.05) is 13.9 Å². The summed E-state index contributed by atoms with van der Waals surface area (Å²) in [6, 6.07) is 1.80. The molecule has 7 rings (SSSR count). The minimum atomic E-state index is -1.19. The van der Waals surface area contributed by atoms with Crippen molar-refractivity contribution in [3.8, 4) is 34.1 Å². The first-order valence-corrected chi connectivity index (χ1v) is 13.1. The average molecular weight is 550 g/mol. The number of phenols is 2. The first-order chi connectivity index (χ1) is 19.2. The molecule has 4 N–H and O–H groups in total. The van der Waals surface area contributed by atoms with E-state index in [2.05, 4.69) is 0 Å². The van der Waals surface area contributed by atoms with Gasteiger partial charge in [0.15, 0.2) is 18.1 Å². The number of nitrogens with zero attached hydrogens (tertiary/aromatic N) is 1. The Labute approximate surface area is 226 Å². The number of aliphatic hydroxyl groups excluding tert-OH is 2. The maximum absolute atomic E-state index is 13.8. The summed E-state index contributed by atoms with van der Waals surface area (Å²) >= 11 is 0. The van der Waals surface area contributed by atoms with Crippen molar-refractivity contribution in [2.45, 2.75) is 50.9 Å². The van der Waals surface area contributed by atoms with Gasteiger partial charge in [-0.15, -0.1) is 0 Å². The molecule has 0 amide bonds. The van der Waals surface area contributed by atoms with E-state index in [4.69, 9.17) is 18.6 Å². The van der Waals surface area contributed by atoms with Gasteiger partial charge in [0.1, 0.15) is 34.5 Å². The minimum Gasteiger partial charge on any atom is -0.506 e. The van der Waals surface area contributed by atoms with Crippen LogP contribution >= 0.6 is 0 Å². The number of aromatic hydroxyl groups is 2. The van der Waals surface area contributed by atoms with Gasteiger partial charge >= 0.3 is 0 Å². The van der Waals surface area contributed by atoms with E-state index in [1.54, 1.807) is 13.1 Å². The summed E-state index contributed by atoms with van der Waals surface area (Å²) in [7, 11) is 3.00. The summed E-state index contributed by atoms with van der Waals surface area (Å²) in [4.78, 5) is 27.3. The van der Waals surface area contributed by atoms with Crippen molar-refractivity contribution in [2.24, 2.45) is 7.05 Å². The van der Waals surface area contributed by atoms with Gasteiger partial charge in [0, 0.05) is 46.8 Å². The first kappa shape index (κ1) is 24.9. The number of rotatable bonds is 2. The summed E-state index contributed by atoms with van der Waals surface area (Å²) in [6.07, 6.45) is -1.84. The number of hydrogen-bond donors (Lipinski definition) is 4. The van der Waals surface area contributed by atoms with Crippen LogP contribution in [0, 0.1) is 0 Å². The van der Waals surface area contributed by atoms with E-state index >= 15 is 0 Å². The highest BCUT2D eigenvalue weighted by atomic mass is 16.7. The first-order valence-electron chi connectivity index (χ1n) is 13.1. The SMILES string of the molecule is CCc1cc2c3c4c(c(O)c2c(=O)n1C)-c1c(c(OC)c2oc5c(c(=O)c2c1O)[C@H](O)CC[C@H]5O)C[C@H]4OCO3. The number of ether oxygens (including phenoxy) is 3. The molecule has 1 aliphatic heterocycles. The largest absolute Gasteiger partial charge is 0.506 e. The van der Waals surface area contributed by atoms with E-state index in [9.17, 15) is 30.0 Å². The van der Waals surface area contributed by atoms with Crippen LogP contribution in [0.1, 0.15) is 66.2 Å². The van der Waals surface area contributed by atoms with Gasteiger partial charge in [0.05, 0.1) is 30.3 Å². The fourth-order valence-corrected chi connectivity index (χ4v) is 6.62. The molecule has 0 saturated heterocycles. The van der Waals surface area contributed by atoms with Crippen LogP contribution in [0.3, 0.4) is 0 Å². The topological polar surface area (TPSA) is 161 Å². The van der Waals surface area contributed by atoms with Crippen LogP contribution < -0.4 is 20.5 Å². The highest BCUT2D eigenvalue weighted by Crippen LogP contribution is 2.59. The number of methoxy groups -OCH3 is 1. The molecule has 2 aliphatic carbocycles. The Morgan fingerprint density at radius 2 is 1.77 bits per heavy atom. The van der Waals surface area contributed by atoms with E-state index < -0.39 is 35.0 Å². The average Bonchev–Trinajstić information content (AvgIpc) is 2.94. The molecule has 3 heterocycles. The predicted molar refractivity (Wildman–Crippen MR) is 142 cm³/mol. The van der Waals surface area contributed by atoms with E-state index in [1.807, 2.05) is 6.92 Å². The standard InChI is InChI=1S/C29H27NO10/c1-4-10-7-11-17(29(36)30(10)2)23(34)20-16-12(8-15-19(20)25(11)39-9-38-15)26(37-3)28-21(22(16)33)24(35)18-13(31)5-6-14(32)27(18)40-28/h7,13-15,31-34H,4-6,8-9H2,1-3H3/t13-,14-,15-/m1/s1. The molecular weight excluding hydrogens is 522 g/mol. The fourth-order valence-electron chi connectivity index (χ4n) is 6.62. The third-order valence-corrected chi connectivity index (χ3v) is 8.54. The highest BCUT2D eigenvalue weighted by Gasteiger charge is 2.42. The molecule has 0 radical (unpaired) electrons. The number of pyridine rings is 1. The van der Waals surface area contributed by atoms with Crippen molar-refractivity contribution in [1.29, 1.82) is 0 Å². The Morgan fingerprint density at radius 1 is 1.05 bits per heavy atom. The van der Waals surface area contributed by atoms with Crippen LogP contribution in [0.2, 0.25) is 0 Å². The Kier molecular flexibility index (Phi) is 5.28. The van der Waals surface area contributed by atoms with Crippen LogP contribution in [0.25, 0.3) is 32.9 Å². The van der Waals surface area contributed by atoms with Crippen molar-refractivity contribution < 1.29 is 39.1 Å². The smallest absolute Gasteiger partial charge is 0.262 e. The molecule has 2 aromatic heterocycles. The van der Waals surface area contributed by atoms with Gasteiger partial charge in [0.2, 0.25) is 5.43 Å². The monoisotopic (exact) mass is 549 g/mol. The third-order valence-electron chi connectivity index (χ3n) is 8.54. The van der Waals surface area contributed by atoms with E-state index in [0.717, 1.165) is 5.69 Å². The maximum Gasteiger partial charge on any atom is 0.262 e. The molecular formula is C29H27NO10. The summed E-state index contributed by atoms with van der Waals surface area (Å²) in [5.41, 5.74) is 0.405. The molecule has 11 heteroatoms. The predicted octanol–water partition coefficient (Wildman–Crippen LogP) is 3.12. The normalized spacial score (nSPS) is 21.1. The second-order valence-electron chi connectivity index (χ2n) is 10.5. The lowest BCUT2D eigenvalue weighted by atomic mass is 9.78. The number of fused-ring (bicyclic) bond motifs is 6. The Hall–Kier alpha value is -4.06. The molecule has 3 aliphatic rings. The van der Waals surface area contributed by atoms with Crippen molar-refractivity contribution >= 4 is 21.7 Å². The van der Waals surface area contributed by atoms with Crippen LogP contribution in [-0.4, -0.2) is 38.9 Å². The molecule has 40 heavy (non-hydrogen) atoms. The fraction of sp³-hybridized carbons (Fsp3) is 0.379. The molecule has 2 aromatic carbocycles. The van der Waals surface area contributed by atoms with Crippen molar-refractivity contribution in [3.05, 3.63) is 54.8 Å². The summed E-state index contributed by atoms with van der Waals surface area (Å²) in [5, 5.41) is 44.8. The molecule has 11 nitrogen and oxygen atoms in total. The summed E-state index contributed by atoms with van der Waals surface area (Å²) < 4.78 is 25.0. The number of aryl methyl sites for hydroxylation is 1. The lowest BCUT2D eigenvalue weighted by molar-refractivity contribution is -0.0587. The van der Waals surface area contributed by atoms with E-state index in [0.29, 0.717) is 28.7 Å². The zero-order chi connectivity index (χ0) is 28.2. The van der Waals surface area contributed by atoms with Gasteiger partial charge in [-0.2, -0.15) is 0 Å². The molecule has 0 bridgehead atoms. The highest BCUT2D eigenvalue weighted by molar-refractivity contribution is 6.07. The van der Waals surface area contributed by atoms with Crippen LogP contribution in [0.5, 0.6) is 23.0 Å². The van der Waals surface area contributed by atoms with Crippen LogP contribution in [0.15, 0.2) is 20.1 Å². The van der Waals surface area contributed by atoms with Gasteiger partial charge in [0.25, 0.3) is 5.56 Å². The Balaban J connectivity index is 1.68. The third kappa shape index (κ3) is 2.99. The van der Waals surface area contributed by atoms with Crippen molar-refractivity contribution in [3.63, 3.8) is 0 Å². The van der Waals surface area contributed by atoms with Crippen LogP contribution in [0.4, 0.5) is 0 Å². The molecule has 0 fully saturated rings. The number of hydrogen-bond acceptors (Lipinski definition) is 10. The Bertz CT molecular complexity index is 1900. The lowest BCUT2D eigenvalue weighted by Gasteiger charge is -2.35. The van der Waals surface area contributed by atoms with Gasteiger partial charge in [-0.25, -0.2) is 0 Å². The zero-order valence-electron chi connectivity index (χ0n) is 22.0. The van der Waals surface area contributed by atoms with Crippen LogP contribution in [-0.2, 0) is 24.6 Å². The maximum atomic E-state index is 13.8. The number of aromatic nitrogens is 1. The van der Waals surface area contributed by atoms with E-state index in [1.165, 1.54) is 11.7 Å². The second-order valence-corrected chi connectivity index (χ2v) is 10.5. The zero-order valence-corrected chi connectivity index (χ0v) is 22.0. The number of benzene rings is 2. The Morgan fingerprint density at radius 3 is 2.50 bits per heavy atom. The molecule has 3 atom stereocenters. The summed E-state index contributed by atoms with van der Waals surface area (Å²) in [6.45, 7) is 1.82. The molecule has 0 saturated carbocycles. The molecule has 0 spiro atoms. The van der Waals surface area contributed by atoms with E-state index in [-0.39, 0.29) is 76.4 Å².